The standard InChI is InChI=1S/C21H18N4O3S/c26-18(22-12-15-13-29-20(23-15)14-6-2-1-3-7-14)10-11-25-17-9-5-4-8-16(17)19(27)24-21(25)28/h1-9,13H,10-12H2,(H,22,26)(H,24,27,28). The molecule has 0 unspecified atom stereocenters. The second-order valence-corrected chi connectivity index (χ2v) is 7.32. The van der Waals surface area contributed by atoms with Crippen molar-refractivity contribution in [2.24, 2.45) is 0 Å². The monoisotopic (exact) mass is 406 g/mol. The van der Waals surface area contributed by atoms with Crippen molar-refractivity contribution < 1.29 is 4.79 Å². The summed E-state index contributed by atoms with van der Waals surface area (Å²) in [5.74, 6) is -0.193. The molecule has 0 saturated carbocycles. The Morgan fingerprint density at radius 1 is 1.07 bits per heavy atom. The maximum atomic E-state index is 12.3. The van der Waals surface area contributed by atoms with Gasteiger partial charge in [0.15, 0.2) is 0 Å². The first kappa shape index (κ1) is 18.8. The number of carbonyl (C=O) groups is 1. The van der Waals surface area contributed by atoms with Gasteiger partial charge in [-0.1, -0.05) is 42.5 Å². The van der Waals surface area contributed by atoms with Crippen LogP contribution >= 0.6 is 11.3 Å². The quantitative estimate of drug-likeness (QED) is 0.514. The lowest BCUT2D eigenvalue weighted by atomic mass is 10.2. The van der Waals surface area contributed by atoms with Crippen LogP contribution in [0.5, 0.6) is 0 Å². The molecule has 2 aromatic heterocycles. The van der Waals surface area contributed by atoms with Gasteiger partial charge in [0.1, 0.15) is 5.01 Å². The van der Waals surface area contributed by atoms with Crippen LogP contribution < -0.4 is 16.6 Å². The normalized spacial score (nSPS) is 10.9. The van der Waals surface area contributed by atoms with Crippen molar-refractivity contribution >= 4 is 28.1 Å². The van der Waals surface area contributed by atoms with Crippen LogP contribution in [0.2, 0.25) is 0 Å². The van der Waals surface area contributed by atoms with Crippen LogP contribution in [0.4, 0.5) is 0 Å². The third-order valence-electron chi connectivity index (χ3n) is 4.51. The lowest BCUT2D eigenvalue weighted by Gasteiger charge is -2.09. The first-order chi connectivity index (χ1) is 14.1. The molecule has 0 saturated heterocycles. The number of nitrogens with one attached hydrogen (secondary N) is 2. The number of fused-ring (bicyclic) bond motifs is 1. The van der Waals surface area contributed by atoms with E-state index >= 15 is 0 Å². The van der Waals surface area contributed by atoms with Crippen molar-refractivity contribution in [3.8, 4) is 10.6 Å². The van der Waals surface area contributed by atoms with Gasteiger partial charge in [-0.25, -0.2) is 9.78 Å². The Kier molecular flexibility index (Phi) is 5.35. The molecule has 0 fully saturated rings. The van der Waals surface area contributed by atoms with Crippen LogP contribution in [0.1, 0.15) is 12.1 Å². The fraction of sp³-hybridized carbons (Fsp3) is 0.143. The van der Waals surface area contributed by atoms with E-state index < -0.39 is 11.2 Å². The van der Waals surface area contributed by atoms with Crippen LogP contribution in [0.25, 0.3) is 21.5 Å². The van der Waals surface area contributed by atoms with E-state index in [4.69, 9.17) is 0 Å². The lowest BCUT2D eigenvalue weighted by Crippen LogP contribution is -2.32. The molecule has 2 heterocycles. The van der Waals surface area contributed by atoms with E-state index in [9.17, 15) is 14.4 Å². The summed E-state index contributed by atoms with van der Waals surface area (Å²) in [7, 11) is 0. The maximum absolute atomic E-state index is 12.3. The molecule has 0 bridgehead atoms. The molecule has 0 aliphatic carbocycles. The highest BCUT2D eigenvalue weighted by atomic mass is 32.1. The summed E-state index contributed by atoms with van der Waals surface area (Å²) in [5.41, 5.74) is 1.40. The Bertz CT molecular complexity index is 1270. The number of hydrogen-bond acceptors (Lipinski definition) is 5. The SMILES string of the molecule is O=C(CCn1c(=O)[nH]c(=O)c2ccccc21)NCc1csc(-c2ccccc2)n1. The molecule has 4 aromatic rings. The van der Waals surface area contributed by atoms with Crippen molar-refractivity contribution in [2.45, 2.75) is 19.5 Å². The van der Waals surface area contributed by atoms with Gasteiger partial charge in [0.25, 0.3) is 5.56 Å². The van der Waals surface area contributed by atoms with Crippen LogP contribution in [0.3, 0.4) is 0 Å². The number of hydrogen-bond donors (Lipinski definition) is 2. The molecule has 0 aliphatic rings. The van der Waals surface area contributed by atoms with Crippen molar-refractivity contribution in [2.75, 3.05) is 0 Å². The van der Waals surface area contributed by atoms with Crippen LogP contribution in [-0.2, 0) is 17.9 Å². The number of H-pyrrole nitrogens is 1. The molecule has 0 spiro atoms. The van der Waals surface area contributed by atoms with Crippen LogP contribution in [0, 0.1) is 0 Å². The molecule has 0 aliphatic heterocycles. The smallest absolute Gasteiger partial charge is 0.328 e. The molecule has 0 radical (unpaired) electrons. The molecule has 2 N–H and O–H groups in total. The minimum absolute atomic E-state index is 0.117. The van der Waals surface area contributed by atoms with Gasteiger partial charge < -0.3 is 5.32 Å². The molecule has 0 atom stereocenters. The van der Waals surface area contributed by atoms with Gasteiger partial charge in [-0.3, -0.25) is 19.1 Å². The average molecular weight is 406 g/mol. The summed E-state index contributed by atoms with van der Waals surface area (Å²) in [6.45, 7) is 0.498. The van der Waals surface area contributed by atoms with Gasteiger partial charge in [-0.2, -0.15) is 0 Å². The zero-order valence-electron chi connectivity index (χ0n) is 15.4. The Morgan fingerprint density at radius 3 is 2.66 bits per heavy atom. The van der Waals surface area contributed by atoms with Crippen molar-refractivity contribution in [3.63, 3.8) is 0 Å². The number of aromatic amines is 1. The van der Waals surface area contributed by atoms with E-state index in [2.05, 4.69) is 15.3 Å². The summed E-state index contributed by atoms with van der Waals surface area (Å²) in [4.78, 5) is 43.1. The first-order valence-corrected chi connectivity index (χ1v) is 9.98. The molecule has 7 nitrogen and oxygen atoms in total. The molecule has 146 valence electrons. The number of carbonyl (C=O) groups excluding carboxylic acids is 1. The number of para-hydroxylation sites is 1. The van der Waals surface area contributed by atoms with Gasteiger partial charge in [0.2, 0.25) is 5.91 Å². The van der Waals surface area contributed by atoms with Gasteiger partial charge >= 0.3 is 5.69 Å². The first-order valence-electron chi connectivity index (χ1n) is 9.10. The van der Waals surface area contributed by atoms with E-state index in [-0.39, 0.29) is 18.9 Å². The minimum Gasteiger partial charge on any atom is -0.350 e. The molecule has 4 rings (SSSR count). The summed E-state index contributed by atoms with van der Waals surface area (Å²) in [6.07, 6.45) is 0.117. The number of rotatable bonds is 6. The van der Waals surface area contributed by atoms with E-state index in [1.807, 2.05) is 35.7 Å². The maximum Gasteiger partial charge on any atom is 0.328 e. The van der Waals surface area contributed by atoms with Gasteiger partial charge in [0, 0.05) is 23.9 Å². The number of thiazole rings is 1. The second kappa shape index (κ2) is 8.24. The molecule has 2 aromatic carbocycles. The van der Waals surface area contributed by atoms with Gasteiger partial charge in [-0.05, 0) is 12.1 Å². The molecule has 8 heteroatoms. The highest BCUT2D eigenvalue weighted by Crippen LogP contribution is 2.23. The van der Waals surface area contributed by atoms with Crippen LogP contribution in [0.15, 0.2) is 69.6 Å². The van der Waals surface area contributed by atoms with E-state index in [1.54, 1.807) is 24.3 Å². The zero-order valence-corrected chi connectivity index (χ0v) is 16.2. The molecular formula is C21H18N4O3S. The highest BCUT2D eigenvalue weighted by molar-refractivity contribution is 7.13. The largest absolute Gasteiger partial charge is 0.350 e. The third kappa shape index (κ3) is 4.17. The Morgan fingerprint density at radius 2 is 1.83 bits per heavy atom. The molecular weight excluding hydrogens is 388 g/mol. The number of amides is 1. The highest BCUT2D eigenvalue weighted by Gasteiger charge is 2.10. The number of nitrogens with zero attached hydrogens (tertiary/aromatic N) is 2. The van der Waals surface area contributed by atoms with Gasteiger partial charge in [-0.15, -0.1) is 11.3 Å². The minimum atomic E-state index is -0.520. The number of aromatic nitrogens is 3. The predicted molar refractivity (Wildman–Crippen MR) is 113 cm³/mol. The Balaban J connectivity index is 1.39. The van der Waals surface area contributed by atoms with Crippen molar-refractivity contribution in [1.82, 2.24) is 19.9 Å². The van der Waals surface area contributed by atoms with Crippen LogP contribution in [-0.4, -0.2) is 20.4 Å². The average Bonchev–Trinajstić information content (AvgIpc) is 3.22. The third-order valence-corrected chi connectivity index (χ3v) is 5.45. The van der Waals surface area contributed by atoms with E-state index in [0.717, 1.165) is 16.3 Å². The summed E-state index contributed by atoms with van der Waals surface area (Å²) in [5, 5.41) is 6.07. The fourth-order valence-electron chi connectivity index (χ4n) is 3.06. The predicted octanol–water partition coefficient (Wildman–Crippen LogP) is 2.52. The Hall–Kier alpha value is -3.52. The van der Waals surface area contributed by atoms with Crippen molar-refractivity contribution in [1.29, 1.82) is 0 Å². The Labute approximate surface area is 169 Å². The lowest BCUT2D eigenvalue weighted by molar-refractivity contribution is -0.121. The van der Waals surface area contributed by atoms with E-state index in [0.29, 0.717) is 17.4 Å². The summed E-state index contributed by atoms with van der Waals surface area (Å²) in [6, 6.07) is 16.7. The van der Waals surface area contributed by atoms with Gasteiger partial charge in [0.05, 0.1) is 23.1 Å². The summed E-state index contributed by atoms with van der Waals surface area (Å²) < 4.78 is 1.41. The molecule has 29 heavy (non-hydrogen) atoms. The topological polar surface area (TPSA) is 96.9 Å². The second-order valence-electron chi connectivity index (χ2n) is 6.46. The summed E-state index contributed by atoms with van der Waals surface area (Å²) >= 11 is 1.53. The van der Waals surface area contributed by atoms with E-state index in [1.165, 1.54) is 15.9 Å². The molecule has 1 amide bonds. The number of benzene rings is 2. The number of aryl methyl sites for hydroxylation is 1. The fourth-order valence-corrected chi connectivity index (χ4v) is 3.88. The van der Waals surface area contributed by atoms with Crippen molar-refractivity contribution in [3.05, 3.63) is 86.5 Å². The zero-order chi connectivity index (χ0) is 20.2.